The number of amides is 1. The van der Waals surface area contributed by atoms with Crippen molar-refractivity contribution in [2.24, 2.45) is 5.73 Å². The molecule has 0 unspecified atom stereocenters. The molecular weight excluding hydrogens is 388 g/mol. The number of nitrogen functional groups attached to an aromatic ring is 1. The number of aromatic nitrogens is 2. The fraction of sp³-hybridized carbons (Fsp3) is 0.375. The van der Waals surface area contributed by atoms with Crippen molar-refractivity contribution in [3.63, 3.8) is 0 Å². The van der Waals surface area contributed by atoms with E-state index in [1.165, 1.54) is 0 Å². The monoisotopic (exact) mass is 416 g/mol. The number of carbonyl (C=O) groups is 1. The predicted octanol–water partition coefficient (Wildman–Crippen LogP) is 3.42. The topological polar surface area (TPSA) is 111 Å². The molecule has 7 heteroatoms. The molecule has 160 valence electrons. The van der Waals surface area contributed by atoms with Gasteiger partial charge in [-0.1, -0.05) is 6.07 Å². The minimum absolute atomic E-state index is 0.0618. The van der Waals surface area contributed by atoms with Gasteiger partial charge in [-0.15, -0.1) is 0 Å². The predicted molar refractivity (Wildman–Crippen MR) is 122 cm³/mol. The highest BCUT2D eigenvalue weighted by Crippen LogP contribution is 2.51. The van der Waals surface area contributed by atoms with Crippen LogP contribution in [0.3, 0.4) is 0 Å². The van der Waals surface area contributed by atoms with Crippen molar-refractivity contribution in [1.82, 2.24) is 14.9 Å². The van der Waals surface area contributed by atoms with Crippen molar-refractivity contribution >= 4 is 28.5 Å². The number of H-pyrrole nitrogens is 1. The summed E-state index contributed by atoms with van der Waals surface area (Å²) in [6.45, 7) is 4.44. The molecule has 5 rings (SSSR count). The van der Waals surface area contributed by atoms with E-state index in [0.717, 1.165) is 72.4 Å². The number of nitrogens with two attached hydrogens (primary N) is 1. The van der Waals surface area contributed by atoms with Gasteiger partial charge in [-0.3, -0.25) is 10.2 Å². The van der Waals surface area contributed by atoms with Crippen molar-refractivity contribution in [1.29, 1.82) is 5.41 Å². The molecule has 1 aromatic heterocycles. The summed E-state index contributed by atoms with van der Waals surface area (Å²) in [5.41, 5.74) is 11.0. The summed E-state index contributed by atoms with van der Waals surface area (Å²) in [6, 6.07) is 11.6. The number of amidine groups is 1. The Balaban J connectivity index is 1.36. The van der Waals surface area contributed by atoms with Crippen LogP contribution in [0.4, 0.5) is 5.69 Å². The number of aryl methyl sites for hydroxylation is 1. The second kappa shape index (κ2) is 7.41. The molecule has 3 aromatic rings. The maximum Gasteiger partial charge on any atom is 0.233 e. The zero-order valence-corrected chi connectivity index (χ0v) is 17.8. The molecule has 0 spiro atoms. The lowest BCUT2D eigenvalue weighted by Crippen LogP contribution is -2.37. The summed E-state index contributed by atoms with van der Waals surface area (Å²) in [6.07, 6.45) is 4.10. The number of nitrogens with zero attached hydrogens (tertiary/aromatic N) is 2. The van der Waals surface area contributed by atoms with Gasteiger partial charge in [0.1, 0.15) is 11.7 Å². The van der Waals surface area contributed by atoms with Crippen LogP contribution in [0, 0.1) is 12.3 Å². The number of benzene rings is 2. The maximum atomic E-state index is 13.2. The first-order chi connectivity index (χ1) is 15.0. The van der Waals surface area contributed by atoms with E-state index >= 15 is 0 Å². The SMILES string of the molecule is Cc1c(C2(C(=O)N3CCCC3)CC2)ccc2[nH]c(CNc3ccc(C(=N)N)cc3)nc12. The van der Waals surface area contributed by atoms with Crippen molar-refractivity contribution in [3.05, 3.63) is 58.9 Å². The fourth-order valence-electron chi connectivity index (χ4n) is 4.77. The summed E-state index contributed by atoms with van der Waals surface area (Å²) >= 11 is 0. The van der Waals surface area contributed by atoms with Gasteiger partial charge >= 0.3 is 0 Å². The molecule has 2 aliphatic rings. The second-order valence-corrected chi connectivity index (χ2v) is 8.74. The average molecular weight is 417 g/mol. The molecule has 0 radical (unpaired) electrons. The molecule has 1 saturated carbocycles. The lowest BCUT2D eigenvalue weighted by Gasteiger charge is -2.24. The van der Waals surface area contributed by atoms with E-state index in [1.54, 1.807) is 0 Å². The number of likely N-dealkylation sites (tertiary alicyclic amines) is 1. The first-order valence-corrected chi connectivity index (χ1v) is 10.9. The molecule has 2 fully saturated rings. The summed E-state index contributed by atoms with van der Waals surface area (Å²) in [4.78, 5) is 23.5. The van der Waals surface area contributed by atoms with E-state index in [9.17, 15) is 4.79 Å². The Bertz CT molecular complexity index is 1150. The zero-order chi connectivity index (χ0) is 21.6. The number of anilines is 1. The number of hydrogen-bond acceptors (Lipinski definition) is 4. The minimum Gasteiger partial charge on any atom is -0.384 e. The summed E-state index contributed by atoms with van der Waals surface area (Å²) < 4.78 is 0. The minimum atomic E-state index is -0.335. The van der Waals surface area contributed by atoms with Crippen LogP contribution in [0.1, 0.15) is 48.2 Å². The van der Waals surface area contributed by atoms with Crippen LogP contribution >= 0.6 is 0 Å². The molecular formula is C24H28N6O. The first-order valence-electron chi connectivity index (χ1n) is 10.9. The van der Waals surface area contributed by atoms with Crippen molar-refractivity contribution in [2.75, 3.05) is 18.4 Å². The van der Waals surface area contributed by atoms with E-state index in [0.29, 0.717) is 18.0 Å². The van der Waals surface area contributed by atoms with Gasteiger partial charge in [-0.05, 0) is 74.1 Å². The Kier molecular flexibility index (Phi) is 4.68. The third-order valence-electron chi connectivity index (χ3n) is 6.68. The molecule has 2 heterocycles. The quantitative estimate of drug-likeness (QED) is 0.364. The Morgan fingerprint density at radius 3 is 2.55 bits per heavy atom. The number of aromatic amines is 1. The number of fused-ring (bicyclic) bond motifs is 1. The molecule has 0 bridgehead atoms. The highest BCUT2D eigenvalue weighted by atomic mass is 16.2. The number of imidazole rings is 1. The molecule has 1 aliphatic heterocycles. The Morgan fingerprint density at radius 2 is 1.90 bits per heavy atom. The van der Waals surface area contributed by atoms with Crippen molar-refractivity contribution in [3.8, 4) is 0 Å². The second-order valence-electron chi connectivity index (χ2n) is 8.74. The molecule has 1 saturated heterocycles. The number of carbonyl (C=O) groups excluding carboxylic acids is 1. The third-order valence-corrected chi connectivity index (χ3v) is 6.68. The standard InChI is InChI=1S/C24H28N6O/c1-15-18(24(10-11-24)23(31)30-12-2-3-13-30)8-9-19-21(15)29-20(28-19)14-27-17-6-4-16(5-7-17)22(25)26/h4-9,27H,2-3,10-14H2,1H3,(H3,25,26)(H,28,29). The van der Waals surface area contributed by atoms with Gasteiger partial charge in [0.15, 0.2) is 0 Å². The van der Waals surface area contributed by atoms with E-state index in [-0.39, 0.29) is 11.3 Å². The van der Waals surface area contributed by atoms with E-state index < -0.39 is 0 Å². The van der Waals surface area contributed by atoms with Crippen molar-refractivity contribution < 1.29 is 4.79 Å². The van der Waals surface area contributed by atoms with Crippen LogP contribution in [0.25, 0.3) is 11.0 Å². The Labute approximate surface area is 181 Å². The fourth-order valence-corrected chi connectivity index (χ4v) is 4.77. The van der Waals surface area contributed by atoms with Crippen LogP contribution < -0.4 is 11.1 Å². The number of rotatable bonds is 6. The van der Waals surface area contributed by atoms with Crippen LogP contribution in [-0.2, 0) is 16.8 Å². The Morgan fingerprint density at radius 1 is 1.19 bits per heavy atom. The lowest BCUT2D eigenvalue weighted by atomic mass is 9.90. The van der Waals surface area contributed by atoms with Gasteiger partial charge < -0.3 is 20.9 Å². The lowest BCUT2D eigenvalue weighted by molar-refractivity contribution is -0.132. The van der Waals surface area contributed by atoms with Crippen LogP contribution in [0.2, 0.25) is 0 Å². The third kappa shape index (κ3) is 3.44. The molecule has 31 heavy (non-hydrogen) atoms. The summed E-state index contributed by atoms with van der Waals surface area (Å²) in [5.74, 6) is 1.22. The molecule has 2 aromatic carbocycles. The van der Waals surface area contributed by atoms with Gasteiger partial charge in [-0.25, -0.2) is 4.98 Å². The highest BCUT2D eigenvalue weighted by molar-refractivity contribution is 5.95. The molecule has 1 aliphatic carbocycles. The van der Waals surface area contributed by atoms with Crippen LogP contribution in [0.5, 0.6) is 0 Å². The zero-order valence-electron chi connectivity index (χ0n) is 17.8. The smallest absolute Gasteiger partial charge is 0.233 e. The van der Waals surface area contributed by atoms with E-state index in [4.69, 9.17) is 16.1 Å². The van der Waals surface area contributed by atoms with Gasteiger partial charge in [0, 0.05) is 24.3 Å². The summed E-state index contributed by atoms with van der Waals surface area (Å²) in [5, 5.41) is 10.8. The molecule has 1 amide bonds. The van der Waals surface area contributed by atoms with Crippen LogP contribution in [0.15, 0.2) is 36.4 Å². The number of nitrogens with one attached hydrogen (secondary N) is 3. The van der Waals surface area contributed by atoms with Gasteiger partial charge in [0.05, 0.1) is 23.0 Å². The average Bonchev–Trinajstić information content (AvgIpc) is 3.20. The summed E-state index contributed by atoms with van der Waals surface area (Å²) in [7, 11) is 0. The van der Waals surface area contributed by atoms with Crippen molar-refractivity contribution in [2.45, 2.75) is 44.6 Å². The van der Waals surface area contributed by atoms with E-state index in [2.05, 4.69) is 29.4 Å². The largest absolute Gasteiger partial charge is 0.384 e. The van der Waals surface area contributed by atoms with Gasteiger partial charge in [-0.2, -0.15) is 0 Å². The first kappa shape index (κ1) is 19.6. The molecule has 7 nitrogen and oxygen atoms in total. The van der Waals surface area contributed by atoms with Crippen LogP contribution in [-0.4, -0.2) is 39.7 Å². The maximum absolute atomic E-state index is 13.2. The normalized spacial score (nSPS) is 17.1. The Hall–Kier alpha value is -3.35. The highest BCUT2D eigenvalue weighted by Gasteiger charge is 2.54. The molecule has 5 N–H and O–H groups in total. The van der Waals surface area contributed by atoms with Gasteiger partial charge in [0.25, 0.3) is 0 Å². The van der Waals surface area contributed by atoms with Gasteiger partial charge in [0.2, 0.25) is 5.91 Å². The molecule has 0 atom stereocenters. The number of hydrogen-bond donors (Lipinski definition) is 4. The van der Waals surface area contributed by atoms with E-state index in [1.807, 2.05) is 29.2 Å².